The van der Waals surface area contributed by atoms with Crippen LogP contribution >= 0.6 is 23.2 Å². The Bertz CT molecular complexity index is 365. The zero-order chi connectivity index (χ0) is 11.5. The molecule has 3 heteroatoms. The molecule has 1 N–H and O–H groups in total. The highest BCUT2D eigenvalue weighted by Crippen LogP contribution is 2.33. The highest BCUT2D eigenvalue weighted by Gasteiger charge is 2.24. The van der Waals surface area contributed by atoms with Crippen LogP contribution in [0.15, 0.2) is 18.2 Å². The predicted molar refractivity (Wildman–Crippen MR) is 70.4 cm³/mol. The second-order valence-corrected chi connectivity index (χ2v) is 5.37. The molecule has 1 aromatic rings. The Labute approximate surface area is 107 Å². The fourth-order valence-corrected chi connectivity index (χ4v) is 2.94. The molecule has 16 heavy (non-hydrogen) atoms. The summed E-state index contributed by atoms with van der Waals surface area (Å²) in [6, 6.07) is 6.59. The van der Waals surface area contributed by atoms with Crippen molar-refractivity contribution in [2.24, 2.45) is 5.92 Å². The SMILES string of the molecule is CNC1CCC(Cc2cccc(Cl)c2Cl)C1. The van der Waals surface area contributed by atoms with Crippen molar-refractivity contribution >= 4 is 23.2 Å². The summed E-state index contributed by atoms with van der Waals surface area (Å²) >= 11 is 12.2. The summed E-state index contributed by atoms with van der Waals surface area (Å²) in [4.78, 5) is 0. The van der Waals surface area contributed by atoms with E-state index in [4.69, 9.17) is 23.2 Å². The van der Waals surface area contributed by atoms with Gasteiger partial charge in [0.15, 0.2) is 0 Å². The van der Waals surface area contributed by atoms with Crippen molar-refractivity contribution in [2.45, 2.75) is 31.7 Å². The molecular weight excluding hydrogens is 241 g/mol. The number of hydrogen-bond acceptors (Lipinski definition) is 1. The third-order valence-corrected chi connectivity index (χ3v) is 4.35. The van der Waals surface area contributed by atoms with Crippen LogP contribution in [-0.2, 0) is 6.42 Å². The summed E-state index contributed by atoms with van der Waals surface area (Å²) in [7, 11) is 2.04. The molecule has 88 valence electrons. The molecule has 1 aromatic carbocycles. The lowest BCUT2D eigenvalue weighted by Gasteiger charge is -2.12. The zero-order valence-corrected chi connectivity index (χ0v) is 11.0. The van der Waals surface area contributed by atoms with Gasteiger partial charge >= 0.3 is 0 Å². The third-order valence-electron chi connectivity index (χ3n) is 3.49. The van der Waals surface area contributed by atoms with Crippen molar-refractivity contribution in [3.63, 3.8) is 0 Å². The third kappa shape index (κ3) is 2.71. The van der Waals surface area contributed by atoms with Crippen molar-refractivity contribution in [3.8, 4) is 0 Å². The molecule has 0 radical (unpaired) electrons. The summed E-state index contributed by atoms with van der Waals surface area (Å²) < 4.78 is 0. The Morgan fingerprint density at radius 3 is 2.81 bits per heavy atom. The van der Waals surface area contributed by atoms with Crippen LogP contribution in [0.3, 0.4) is 0 Å². The molecule has 1 saturated carbocycles. The van der Waals surface area contributed by atoms with Gasteiger partial charge in [0.25, 0.3) is 0 Å². The molecule has 0 aliphatic heterocycles. The highest BCUT2D eigenvalue weighted by molar-refractivity contribution is 6.42. The summed E-state index contributed by atoms with van der Waals surface area (Å²) in [5, 5.41) is 4.75. The van der Waals surface area contributed by atoms with Gasteiger partial charge in [-0.3, -0.25) is 0 Å². The van der Waals surface area contributed by atoms with Gasteiger partial charge in [-0.2, -0.15) is 0 Å². The van der Waals surface area contributed by atoms with E-state index in [0.717, 1.165) is 17.4 Å². The topological polar surface area (TPSA) is 12.0 Å². The zero-order valence-electron chi connectivity index (χ0n) is 9.47. The number of nitrogens with one attached hydrogen (secondary N) is 1. The Morgan fingerprint density at radius 1 is 1.31 bits per heavy atom. The van der Waals surface area contributed by atoms with Crippen LogP contribution in [-0.4, -0.2) is 13.1 Å². The molecule has 2 unspecified atom stereocenters. The van der Waals surface area contributed by atoms with Crippen molar-refractivity contribution in [2.75, 3.05) is 7.05 Å². The second kappa shape index (κ2) is 5.39. The van der Waals surface area contributed by atoms with Gasteiger partial charge in [-0.25, -0.2) is 0 Å². The molecule has 0 aromatic heterocycles. The van der Waals surface area contributed by atoms with E-state index in [1.165, 1.54) is 24.8 Å². The van der Waals surface area contributed by atoms with Gasteiger partial charge in [0.05, 0.1) is 10.0 Å². The first kappa shape index (κ1) is 12.2. The lowest BCUT2D eigenvalue weighted by Crippen LogP contribution is -2.21. The maximum atomic E-state index is 6.19. The van der Waals surface area contributed by atoms with E-state index in [1.54, 1.807) is 0 Å². The van der Waals surface area contributed by atoms with E-state index in [2.05, 4.69) is 11.4 Å². The lowest BCUT2D eigenvalue weighted by atomic mass is 9.98. The highest BCUT2D eigenvalue weighted by atomic mass is 35.5. The molecule has 0 heterocycles. The predicted octanol–water partition coefficient (Wildman–Crippen LogP) is 3.92. The molecule has 2 atom stereocenters. The fourth-order valence-electron chi connectivity index (χ4n) is 2.54. The van der Waals surface area contributed by atoms with E-state index in [0.29, 0.717) is 11.1 Å². The molecule has 0 spiro atoms. The minimum absolute atomic E-state index is 0.669. The maximum absolute atomic E-state index is 6.19. The Hall–Kier alpha value is -0.240. The summed E-state index contributed by atoms with van der Waals surface area (Å²) in [6.45, 7) is 0. The monoisotopic (exact) mass is 257 g/mol. The average molecular weight is 258 g/mol. The number of benzene rings is 1. The maximum Gasteiger partial charge on any atom is 0.0624 e. The summed E-state index contributed by atoms with van der Waals surface area (Å²) in [5.41, 5.74) is 1.19. The molecule has 1 nitrogen and oxygen atoms in total. The minimum atomic E-state index is 0.669. The van der Waals surface area contributed by atoms with Crippen LogP contribution in [0.4, 0.5) is 0 Å². The van der Waals surface area contributed by atoms with Gasteiger partial charge in [0, 0.05) is 6.04 Å². The lowest BCUT2D eigenvalue weighted by molar-refractivity contribution is 0.510. The van der Waals surface area contributed by atoms with Crippen molar-refractivity contribution in [3.05, 3.63) is 33.8 Å². The number of rotatable bonds is 3. The largest absolute Gasteiger partial charge is 0.317 e. The molecule has 1 aliphatic rings. The van der Waals surface area contributed by atoms with Crippen molar-refractivity contribution in [1.29, 1.82) is 0 Å². The molecule has 0 amide bonds. The summed E-state index contributed by atoms with van der Waals surface area (Å²) in [5.74, 6) is 0.744. The van der Waals surface area contributed by atoms with E-state index >= 15 is 0 Å². The van der Waals surface area contributed by atoms with Gasteiger partial charge in [-0.15, -0.1) is 0 Å². The quantitative estimate of drug-likeness (QED) is 0.866. The van der Waals surface area contributed by atoms with Crippen LogP contribution < -0.4 is 5.32 Å². The second-order valence-electron chi connectivity index (χ2n) is 4.58. The standard InChI is InChI=1S/C13H17Cl2N/c1-16-11-6-5-9(8-11)7-10-3-2-4-12(14)13(10)15/h2-4,9,11,16H,5-8H2,1H3. The molecule has 0 bridgehead atoms. The van der Waals surface area contributed by atoms with Crippen molar-refractivity contribution in [1.82, 2.24) is 5.32 Å². The molecule has 2 rings (SSSR count). The van der Waals surface area contributed by atoms with E-state index in [-0.39, 0.29) is 0 Å². The number of hydrogen-bond donors (Lipinski definition) is 1. The normalized spacial score (nSPS) is 24.9. The van der Waals surface area contributed by atoms with E-state index < -0.39 is 0 Å². The number of halogens is 2. The van der Waals surface area contributed by atoms with Gasteiger partial charge in [-0.05, 0) is 50.3 Å². The van der Waals surface area contributed by atoms with Gasteiger partial charge in [0.1, 0.15) is 0 Å². The van der Waals surface area contributed by atoms with Gasteiger partial charge < -0.3 is 5.32 Å². The summed E-state index contributed by atoms with van der Waals surface area (Å²) in [6.07, 6.45) is 4.87. The fraction of sp³-hybridized carbons (Fsp3) is 0.538. The van der Waals surface area contributed by atoms with Crippen LogP contribution in [0.5, 0.6) is 0 Å². The smallest absolute Gasteiger partial charge is 0.0624 e. The molecule has 1 fully saturated rings. The van der Waals surface area contributed by atoms with Crippen LogP contribution in [0.25, 0.3) is 0 Å². The Morgan fingerprint density at radius 2 is 2.12 bits per heavy atom. The first-order valence-corrected chi connectivity index (χ1v) is 6.56. The Kier molecular flexibility index (Phi) is 4.12. The average Bonchev–Trinajstić information content (AvgIpc) is 2.73. The van der Waals surface area contributed by atoms with E-state index in [9.17, 15) is 0 Å². The van der Waals surface area contributed by atoms with E-state index in [1.807, 2.05) is 19.2 Å². The van der Waals surface area contributed by atoms with Crippen LogP contribution in [0, 0.1) is 5.92 Å². The molecule has 1 aliphatic carbocycles. The Balaban J connectivity index is 2.02. The molecule has 0 saturated heterocycles. The van der Waals surface area contributed by atoms with Crippen LogP contribution in [0.1, 0.15) is 24.8 Å². The van der Waals surface area contributed by atoms with Crippen LogP contribution in [0.2, 0.25) is 10.0 Å². The first-order chi connectivity index (χ1) is 7.70. The first-order valence-electron chi connectivity index (χ1n) is 5.81. The minimum Gasteiger partial charge on any atom is -0.317 e. The molecular formula is C13H17Cl2N. The van der Waals surface area contributed by atoms with Gasteiger partial charge in [0.2, 0.25) is 0 Å². The van der Waals surface area contributed by atoms with Gasteiger partial charge in [-0.1, -0.05) is 35.3 Å². The van der Waals surface area contributed by atoms with Crippen molar-refractivity contribution < 1.29 is 0 Å².